The summed E-state index contributed by atoms with van der Waals surface area (Å²) in [7, 11) is 0. The number of amides is 2. The van der Waals surface area contributed by atoms with Crippen LogP contribution in [-0.2, 0) is 0 Å². The third-order valence-corrected chi connectivity index (χ3v) is 5.50. The molecule has 8 heteroatoms. The van der Waals surface area contributed by atoms with Gasteiger partial charge in [-0.2, -0.15) is 0 Å². The van der Waals surface area contributed by atoms with Gasteiger partial charge in [0.25, 0.3) is 0 Å². The number of aryl methyl sites for hydroxylation is 1. The molecule has 2 aromatic heterocycles. The summed E-state index contributed by atoms with van der Waals surface area (Å²) >= 11 is 0. The van der Waals surface area contributed by atoms with Crippen LogP contribution in [-0.4, -0.2) is 43.5 Å². The van der Waals surface area contributed by atoms with Crippen molar-refractivity contribution >= 4 is 17.1 Å². The smallest absolute Gasteiger partial charge is 0.326 e. The molecule has 2 amide bonds. The average molecular weight is 382 g/mol. The molecule has 0 spiro atoms. The highest BCUT2D eigenvalue weighted by atomic mass is 16.2. The number of para-hydroxylation sites is 2. The van der Waals surface area contributed by atoms with Crippen LogP contribution in [0.2, 0.25) is 0 Å². The van der Waals surface area contributed by atoms with Gasteiger partial charge in [-0.3, -0.25) is 4.57 Å². The highest BCUT2D eigenvalue weighted by Crippen LogP contribution is 2.25. The largest absolute Gasteiger partial charge is 0.344 e. The van der Waals surface area contributed by atoms with Gasteiger partial charge in [0.15, 0.2) is 0 Å². The maximum atomic E-state index is 12.7. The Morgan fingerprint density at radius 2 is 2.04 bits per heavy atom. The van der Waals surface area contributed by atoms with E-state index in [0.717, 1.165) is 41.8 Å². The fourth-order valence-corrected chi connectivity index (χ4v) is 3.98. The van der Waals surface area contributed by atoms with Crippen LogP contribution in [0.25, 0.3) is 11.0 Å². The maximum absolute atomic E-state index is 12.7. The van der Waals surface area contributed by atoms with Gasteiger partial charge in [0, 0.05) is 31.0 Å². The van der Waals surface area contributed by atoms with Crippen molar-refractivity contribution in [3.63, 3.8) is 0 Å². The third kappa shape index (κ3) is 3.42. The normalized spacial score (nSPS) is 16.4. The highest BCUT2D eigenvalue weighted by Gasteiger charge is 2.27. The Bertz CT molecular complexity index is 1020. The second-order valence-electron chi connectivity index (χ2n) is 7.40. The number of imidazole rings is 2. The van der Waals surface area contributed by atoms with Crippen molar-refractivity contribution in [1.82, 2.24) is 29.7 Å². The van der Waals surface area contributed by atoms with Crippen LogP contribution in [0, 0.1) is 6.92 Å². The number of aromatic nitrogens is 4. The molecular formula is C20H26N6O2. The van der Waals surface area contributed by atoms with E-state index in [2.05, 4.69) is 20.3 Å². The number of nitrogens with zero attached hydrogens (tertiary/aromatic N) is 3. The fraction of sp³-hybridized carbons (Fsp3) is 0.450. The molecule has 0 radical (unpaired) electrons. The lowest BCUT2D eigenvalue weighted by atomic mass is 10.0. The summed E-state index contributed by atoms with van der Waals surface area (Å²) in [6.07, 6.45) is 4.05. The van der Waals surface area contributed by atoms with E-state index >= 15 is 0 Å². The summed E-state index contributed by atoms with van der Waals surface area (Å²) < 4.78 is 1.84. The first-order valence-electron chi connectivity index (χ1n) is 9.83. The zero-order valence-corrected chi connectivity index (χ0v) is 16.2. The summed E-state index contributed by atoms with van der Waals surface area (Å²) in [6, 6.07) is 7.62. The van der Waals surface area contributed by atoms with Crippen molar-refractivity contribution in [3.05, 3.63) is 52.5 Å². The monoisotopic (exact) mass is 382 g/mol. The number of piperidine rings is 1. The number of aromatic amines is 2. The van der Waals surface area contributed by atoms with E-state index < -0.39 is 0 Å². The van der Waals surface area contributed by atoms with Crippen molar-refractivity contribution in [3.8, 4) is 0 Å². The number of carbonyl (C=O) groups excluding carboxylic acids is 1. The molecule has 0 unspecified atom stereocenters. The van der Waals surface area contributed by atoms with Crippen molar-refractivity contribution < 1.29 is 4.79 Å². The van der Waals surface area contributed by atoms with Crippen LogP contribution < -0.4 is 11.0 Å². The standard InChI is InChI=1S/C20H26N6O2/c1-3-15(18-21-12-13(2)22-18)23-19(27)25-10-8-14(9-11-25)26-17-7-5-4-6-16(17)24-20(26)28/h4-7,12,14-15H,3,8-11H2,1-2H3,(H,21,22)(H,23,27)(H,24,28)/t15-/m1/s1. The minimum absolute atomic E-state index is 0.0781. The van der Waals surface area contributed by atoms with Crippen LogP contribution in [0.3, 0.4) is 0 Å². The molecule has 1 aliphatic heterocycles. The van der Waals surface area contributed by atoms with Crippen molar-refractivity contribution in [2.75, 3.05) is 13.1 Å². The third-order valence-electron chi connectivity index (χ3n) is 5.50. The van der Waals surface area contributed by atoms with E-state index in [1.807, 2.05) is 47.6 Å². The number of carbonyl (C=O) groups is 1. The van der Waals surface area contributed by atoms with Crippen molar-refractivity contribution in [2.45, 2.75) is 45.2 Å². The molecule has 3 heterocycles. The zero-order chi connectivity index (χ0) is 19.7. The lowest BCUT2D eigenvalue weighted by molar-refractivity contribution is 0.167. The summed E-state index contributed by atoms with van der Waals surface area (Å²) in [6.45, 7) is 5.22. The molecule has 28 heavy (non-hydrogen) atoms. The molecule has 3 N–H and O–H groups in total. The number of hydrogen-bond donors (Lipinski definition) is 3. The molecular weight excluding hydrogens is 356 g/mol. The molecule has 1 aromatic carbocycles. The number of rotatable bonds is 4. The molecule has 0 saturated carbocycles. The molecule has 8 nitrogen and oxygen atoms in total. The van der Waals surface area contributed by atoms with E-state index in [1.54, 1.807) is 6.20 Å². The van der Waals surface area contributed by atoms with Gasteiger partial charge >= 0.3 is 11.7 Å². The topological polar surface area (TPSA) is 98.8 Å². The molecule has 4 rings (SSSR count). The van der Waals surface area contributed by atoms with Gasteiger partial charge in [0.05, 0.1) is 17.1 Å². The Hall–Kier alpha value is -3.03. The Morgan fingerprint density at radius 3 is 2.71 bits per heavy atom. The van der Waals surface area contributed by atoms with E-state index in [4.69, 9.17) is 0 Å². The first-order chi connectivity index (χ1) is 13.6. The van der Waals surface area contributed by atoms with Crippen LogP contribution in [0.4, 0.5) is 4.79 Å². The lowest BCUT2D eigenvalue weighted by Crippen LogP contribution is -2.46. The van der Waals surface area contributed by atoms with Crippen LogP contribution in [0.5, 0.6) is 0 Å². The van der Waals surface area contributed by atoms with E-state index in [-0.39, 0.29) is 23.8 Å². The minimum Gasteiger partial charge on any atom is -0.344 e. The number of fused-ring (bicyclic) bond motifs is 1. The Balaban J connectivity index is 1.41. The summed E-state index contributed by atoms with van der Waals surface area (Å²) in [5, 5.41) is 3.08. The molecule has 1 atom stereocenters. The molecule has 1 fully saturated rings. The summed E-state index contributed by atoms with van der Waals surface area (Å²) in [5.74, 6) is 0.786. The Kier molecular flexibility index (Phi) is 4.93. The van der Waals surface area contributed by atoms with Crippen molar-refractivity contribution in [2.24, 2.45) is 0 Å². The van der Waals surface area contributed by atoms with Gasteiger partial charge in [0.1, 0.15) is 5.82 Å². The minimum atomic E-state index is -0.129. The average Bonchev–Trinajstić information content (AvgIpc) is 3.28. The lowest BCUT2D eigenvalue weighted by Gasteiger charge is -2.33. The van der Waals surface area contributed by atoms with Gasteiger partial charge in [-0.1, -0.05) is 19.1 Å². The van der Waals surface area contributed by atoms with Gasteiger partial charge < -0.3 is 20.2 Å². The van der Waals surface area contributed by atoms with Crippen molar-refractivity contribution in [1.29, 1.82) is 0 Å². The number of urea groups is 1. The highest BCUT2D eigenvalue weighted by molar-refractivity contribution is 5.76. The van der Waals surface area contributed by atoms with Gasteiger partial charge in [0.2, 0.25) is 0 Å². The Morgan fingerprint density at radius 1 is 1.29 bits per heavy atom. The second kappa shape index (κ2) is 7.53. The molecule has 148 valence electrons. The van der Waals surface area contributed by atoms with E-state index in [0.29, 0.717) is 13.1 Å². The molecule has 1 aliphatic rings. The number of likely N-dealkylation sites (tertiary alicyclic amines) is 1. The van der Waals surface area contributed by atoms with Gasteiger partial charge in [-0.25, -0.2) is 14.6 Å². The van der Waals surface area contributed by atoms with Gasteiger partial charge in [-0.05, 0) is 38.3 Å². The van der Waals surface area contributed by atoms with E-state index in [9.17, 15) is 9.59 Å². The number of nitrogens with one attached hydrogen (secondary N) is 3. The zero-order valence-electron chi connectivity index (χ0n) is 16.2. The molecule has 0 bridgehead atoms. The predicted octanol–water partition coefficient (Wildman–Crippen LogP) is 2.86. The molecule has 1 saturated heterocycles. The first kappa shape index (κ1) is 18.3. The van der Waals surface area contributed by atoms with Crippen LogP contribution in [0.15, 0.2) is 35.3 Å². The molecule has 0 aliphatic carbocycles. The second-order valence-corrected chi connectivity index (χ2v) is 7.40. The fourth-order valence-electron chi connectivity index (χ4n) is 3.98. The van der Waals surface area contributed by atoms with Gasteiger partial charge in [-0.15, -0.1) is 0 Å². The quantitative estimate of drug-likeness (QED) is 0.647. The molecule has 3 aromatic rings. The number of H-pyrrole nitrogens is 2. The van der Waals surface area contributed by atoms with E-state index in [1.165, 1.54) is 0 Å². The number of benzene rings is 1. The SMILES string of the molecule is CC[C@@H](NC(=O)N1CCC(n2c(=O)[nH]c3ccccc32)CC1)c1ncc(C)[nH]1. The summed E-state index contributed by atoms with van der Waals surface area (Å²) in [5.41, 5.74) is 2.68. The predicted molar refractivity (Wildman–Crippen MR) is 107 cm³/mol. The Labute approximate surface area is 163 Å². The maximum Gasteiger partial charge on any atom is 0.326 e. The summed E-state index contributed by atoms with van der Waals surface area (Å²) in [4.78, 5) is 37.4. The first-order valence-corrected chi connectivity index (χ1v) is 9.83. The van der Waals surface area contributed by atoms with Crippen LogP contribution >= 0.6 is 0 Å². The number of hydrogen-bond acceptors (Lipinski definition) is 3. The van der Waals surface area contributed by atoms with Crippen LogP contribution in [0.1, 0.15) is 49.8 Å².